The summed E-state index contributed by atoms with van der Waals surface area (Å²) in [6.07, 6.45) is 3.88. The average molecular weight is 322 g/mol. The number of hydrogen-bond acceptors (Lipinski definition) is 4. The number of hydrogen-bond donors (Lipinski definition) is 1. The third-order valence-corrected chi connectivity index (χ3v) is 5.73. The number of rotatable bonds is 2. The monoisotopic (exact) mass is 322 g/mol. The number of carbonyl (C=O) groups is 2. The number of nitrogens with zero attached hydrogens (tertiary/aromatic N) is 3. The summed E-state index contributed by atoms with van der Waals surface area (Å²) in [7, 11) is 0. The Morgan fingerprint density at radius 3 is 1.96 bits per heavy atom. The van der Waals surface area contributed by atoms with E-state index in [4.69, 9.17) is 0 Å². The molecule has 3 saturated heterocycles. The van der Waals surface area contributed by atoms with Gasteiger partial charge in [0.15, 0.2) is 0 Å². The van der Waals surface area contributed by atoms with Crippen LogP contribution in [-0.4, -0.2) is 84.9 Å². The van der Waals surface area contributed by atoms with Crippen LogP contribution in [0, 0.1) is 5.92 Å². The number of piperazine rings is 1. The smallest absolute Gasteiger partial charge is 0.225 e. The highest BCUT2D eigenvalue weighted by molar-refractivity contribution is 5.79. The molecule has 1 N–H and O–H groups in total. The second-order valence-corrected chi connectivity index (χ2v) is 7.12. The van der Waals surface area contributed by atoms with Crippen molar-refractivity contribution in [2.45, 2.75) is 38.6 Å². The highest BCUT2D eigenvalue weighted by Crippen LogP contribution is 2.23. The van der Waals surface area contributed by atoms with Gasteiger partial charge in [0, 0.05) is 71.2 Å². The van der Waals surface area contributed by atoms with Gasteiger partial charge in [0.2, 0.25) is 11.8 Å². The van der Waals surface area contributed by atoms with Crippen molar-refractivity contribution in [3.05, 3.63) is 0 Å². The number of likely N-dealkylation sites (tertiary alicyclic amines) is 2. The first-order valence-electron chi connectivity index (χ1n) is 9.14. The van der Waals surface area contributed by atoms with E-state index >= 15 is 0 Å². The molecule has 3 heterocycles. The van der Waals surface area contributed by atoms with E-state index in [9.17, 15) is 9.59 Å². The largest absolute Gasteiger partial charge is 0.343 e. The van der Waals surface area contributed by atoms with Gasteiger partial charge in [-0.25, -0.2) is 0 Å². The number of amides is 2. The normalized spacial score (nSPS) is 25.6. The minimum atomic E-state index is 0.126. The molecule has 0 aromatic carbocycles. The maximum absolute atomic E-state index is 12.7. The fourth-order valence-electron chi connectivity index (χ4n) is 4.20. The van der Waals surface area contributed by atoms with Gasteiger partial charge in [-0.1, -0.05) is 0 Å². The van der Waals surface area contributed by atoms with E-state index in [1.54, 1.807) is 6.92 Å². The maximum Gasteiger partial charge on any atom is 0.225 e. The molecule has 0 aromatic heterocycles. The summed E-state index contributed by atoms with van der Waals surface area (Å²) in [5, 5.41) is 3.40. The molecule has 23 heavy (non-hydrogen) atoms. The van der Waals surface area contributed by atoms with Crippen molar-refractivity contribution >= 4 is 11.8 Å². The predicted octanol–water partition coefficient (Wildman–Crippen LogP) is 0.141. The van der Waals surface area contributed by atoms with Crippen LogP contribution in [0.15, 0.2) is 0 Å². The van der Waals surface area contributed by atoms with Crippen LogP contribution >= 0.6 is 0 Å². The second-order valence-electron chi connectivity index (χ2n) is 7.12. The molecular formula is C17H30N4O2. The van der Waals surface area contributed by atoms with Gasteiger partial charge in [0.05, 0.1) is 0 Å². The van der Waals surface area contributed by atoms with Crippen molar-refractivity contribution in [3.8, 4) is 0 Å². The van der Waals surface area contributed by atoms with Gasteiger partial charge < -0.3 is 15.1 Å². The lowest BCUT2D eigenvalue weighted by molar-refractivity contribution is -0.141. The van der Waals surface area contributed by atoms with E-state index < -0.39 is 0 Å². The first-order valence-corrected chi connectivity index (χ1v) is 9.14. The van der Waals surface area contributed by atoms with Crippen LogP contribution in [0.2, 0.25) is 0 Å². The van der Waals surface area contributed by atoms with E-state index in [0.717, 1.165) is 78.0 Å². The number of nitrogens with one attached hydrogen (secondary N) is 1. The topological polar surface area (TPSA) is 55.9 Å². The zero-order chi connectivity index (χ0) is 16.2. The molecule has 0 unspecified atom stereocenters. The molecule has 6 nitrogen and oxygen atoms in total. The number of piperidine rings is 2. The molecule has 0 saturated carbocycles. The van der Waals surface area contributed by atoms with Gasteiger partial charge in [-0.3, -0.25) is 14.5 Å². The van der Waals surface area contributed by atoms with Crippen LogP contribution in [-0.2, 0) is 9.59 Å². The first kappa shape index (κ1) is 16.7. The van der Waals surface area contributed by atoms with Crippen molar-refractivity contribution in [3.63, 3.8) is 0 Å². The van der Waals surface area contributed by atoms with Gasteiger partial charge in [-0.05, 0) is 25.7 Å². The summed E-state index contributed by atoms with van der Waals surface area (Å²) >= 11 is 0. The molecule has 0 atom stereocenters. The third-order valence-electron chi connectivity index (χ3n) is 5.73. The van der Waals surface area contributed by atoms with Crippen LogP contribution in [0.3, 0.4) is 0 Å². The van der Waals surface area contributed by atoms with Crippen LogP contribution in [0.5, 0.6) is 0 Å². The fraction of sp³-hybridized carbons (Fsp3) is 0.882. The van der Waals surface area contributed by atoms with E-state index in [-0.39, 0.29) is 11.8 Å². The Kier molecular flexibility index (Phi) is 5.54. The van der Waals surface area contributed by atoms with Crippen LogP contribution in [0.1, 0.15) is 32.6 Å². The summed E-state index contributed by atoms with van der Waals surface area (Å²) in [5.74, 6) is 0.584. The maximum atomic E-state index is 12.7. The van der Waals surface area contributed by atoms with Crippen molar-refractivity contribution in [2.24, 2.45) is 5.92 Å². The van der Waals surface area contributed by atoms with Crippen LogP contribution in [0.25, 0.3) is 0 Å². The van der Waals surface area contributed by atoms with Gasteiger partial charge in [0.1, 0.15) is 0 Å². The molecule has 6 heteroatoms. The molecule has 0 aromatic rings. The first-order chi connectivity index (χ1) is 11.1. The standard InChI is InChI=1S/C17H30N4O2/c1-14(22)19-8-2-15(3-9-19)17(23)21-10-4-16(5-11-21)20-12-6-18-7-13-20/h15-16,18H,2-13H2,1H3. The summed E-state index contributed by atoms with van der Waals surface area (Å²) in [6.45, 7) is 9.36. The van der Waals surface area contributed by atoms with E-state index in [1.165, 1.54) is 0 Å². The van der Waals surface area contributed by atoms with Crippen LogP contribution < -0.4 is 5.32 Å². The lowest BCUT2D eigenvalue weighted by Crippen LogP contribution is -2.53. The molecule has 3 fully saturated rings. The van der Waals surface area contributed by atoms with E-state index in [1.807, 2.05) is 4.90 Å². The Labute approximate surface area is 139 Å². The van der Waals surface area contributed by atoms with Crippen molar-refractivity contribution < 1.29 is 9.59 Å². The predicted molar refractivity (Wildman–Crippen MR) is 89.0 cm³/mol. The van der Waals surface area contributed by atoms with Gasteiger partial charge in [-0.15, -0.1) is 0 Å². The molecule has 0 aliphatic carbocycles. The summed E-state index contributed by atoms with van der Waals surface area (Å²) in [4.78, 5) is 30.6. The van der Waals surface area contributed by atoms with E-state index in [2.05, 4.69) is 15.1 Å². The third kappa shape index (κ3) is 4.04. The molecule has 3 aliphatic heterocycles. The molecule has 0 bridgehead atoms. The molecule has 130 valence electrons. The minimum Gasteiger partial charge on any atom is -0.343 e. The molecule has 0 radical (unpaired) electrons. The molecule has 2 amide bonds. The van der Waals surface area contributed by atoms with Gasteiger partial charge in [-0.2, -0.15) is 0 Å². The Morgan fingerprint density at radius 1 is 0.826 bits per heavy atom. The van der Waals surface area contributed by atoms with Gasteiger partial charge >= 0.3 is 0 Å². The van der Waals surface area contributed by atoms with E-state index in [0.29, 0.717) is 11.9 Å². The van der Waals surface area contributed by atoms with Gasteiger partial charge in [0.25, 0.3) is 0 Å². The van der Waals surface area contributed by atoms with Crippen molar-refractivity contribution in [2.75, 3.05) is 52.4 Å². The SMILES string of the molecule is CC(=O)N1CCC(C(=O)N2CCC(N3CCNCC3)CC2)CC1. The second kappa shape index (κ2) is 7.62. The Bertz CT molecular complexity index is 420. The lowest BCUT2D eigenvalue weighted by Gasteiger charge is -2.41. The summed E-state index contributed by atoms with van der Waals surface area (Å²) < 4.78 is 0. The van der Waals surface area contributed by atoms with Crippen LogP contribution in [0.4, 0.5) is 0 Å². The molecule has 0 spiro atoms. The molecule has 3 rings (SSSR count). The minimum absolute atomic E-state index is 0.126. The molecule has 3 aliphatic rings. The highest BCUT2D eigenvalue weighted by Gasteiger charge is 2.32. The fourth-order valence-corrected chi connectivity index (χ4v) is 4.20. The Balaban J connectivity index is 1.44. The zero-order valence-corrected chi connectivity index (χ0v) is 14.3. The van der Waals surface area contributed by atoms with Crippen molar-refractivity contribution in [1.29, 1.82) is 0 Å². The average Bonchev–Trinajstić information content (AvgIpc) is 2.62. The summed E-state index contributed by atoms with van der Waals surface area (Å²) in [5.41, 5.74) is 0. The Hall–Kier alpha value is -1.14. The van der Waals surface area contributed by atoms with Crippen molar-refractivity contribution in [1.82, 2.24) is 20.0 Å². The highest BCUT2D eigenvalue weighted by atomic mass is 16.2. The Morgan fingerprint density at radius 2 is 1.39 bits per heavy atom. The quantitative estimate of drug-likeness (QED) is 0.786. The lowest BCUT2D eigenvalue weighted by atomic mass is 9.93. The summed E-state index contributed by atoms with van der Waals surface area (Å²) in [6, 6.07) is 0.653. The number of carbonyl (C=O) groups excluding carboxylic acids is 2. The zero-order valence-electron chi connectivity index (χ0n) is 14.3. The molecular weight excluding hydrogens is 292 g/mol.